The van der Waals surface area contributed by atoms with Crippen molar-refractivity contribution in [2.45, 2.75) is 32.2 Å². The Morgan fingerprint density at radius 1 is 1.03 bits per heavy atom. The Morgan fingerprint density at radius 3 is 2.63 bits per heavy atom. The molecule has 6 heteroatoms. The van der Waals surface area contributed by atoms with Crippen molar-refractivity contribution in [1.29, 1.82) is 0 Å². The highest BCUT2D eigenvalue weighted by Gasteiger charge is 2.18. The second-order valence-electron chi connectivity index (χ2n) is 7.65. The number of methoxy groups -OCH3 is 1. The van der Waals surface area contributed by atoms with Crippen LogP contribution in [0.5, 0.6) is 11.5 Å². The van der Waals surface area contributed by atoms with Crippen LogP contribution in [0.25, 0.3) is 11.0 Å². The molecular weight excluding hydrogens is 402 g/mol. The Kier molecular flexibility index (Phi) is 7.40. The van der Waals surface area contributed by atoms with Gasteiger partial charge in [-0.2, -0.15) is 0 Å². The second-order valence-corrected chi connectivity index (χ2v) is 7.65. The van der Waals surface area contributed by atoms with Gasteiger partial charge in [-0.25, -0.2) is 4.79 Å². The van der Waals surface area contributed by atoms with Gasteiger partial charge in [-0.1, -0.05) is 12.1 Å². The van der Waals surface area contributed by atoms with E-state index in [1.54, 1.807) is 7.11 Å². The Morgan fingerprint density at radius 2 is 1.83 bits per heavy atom. The zero-order chi connectivity index (χ0) is 20.2. The number of nitrogens with zero attached hydrogens (tertiary/aromatic N) is 1. The molecule has 160 valence electrons. The van der Waals surface area contributed by atoms with Crippen molar-refractivity contribution >= 4 is 23.4 Å². The summed E-state index contributed by atoms with van der Waals surface area (Å²) < 4.78 is 16.8. The summed E-state index contributed by atoms with van der Waals surface area (Å²) in [5.74, 6) is 1.60. The van der Waals surface area contributed by atoms with Crippen molar-refractivity contribution in [2.24, 2.45) is 0 Å². The molecule has 1 aliphatic rings. The molecule has 1 heterocycles. The van der Waals surface area contributed by atoms with E-state index in [0.29, 0.717) is 12.2 Å². The molecule has 1 aliphatic carbocycles. The predicted octanol–water partition coefficient (Wildman–Crippen LogP) is 4.61. The van der Waals surface area contributed by atoms with Crippen LogP contribution in [0.4, 0.5) is 0 Å². The van der Waals surface area contributed by atoms with Gasteiger partial charge in [-0.15, -0.1) is 12.4 Å². The maximum atomic E-state index is 12.3. The molecule has 0 atom stereocenters. The molecule has 0 amide bonds. The number of ether oxygens (including phenoxy) is 2. The summed E-state index contributed by atoms with van der Waals surface area (Å²) >= 11 is 0. The van der Waals surface area contributed by atoms with Crippen LogP contribution in [0.15, 0.2) is 51.7 Å². The van der Waals surface area contributed by atoms with E-state index in [4.69, 9.17) is 13.9 Å². The van der Waals surface area contributed by atoms with E-state index in [0.717, 1.165) is 66.8 Å². The average molecular weight is 430 g/mol. The Balaban J connectivity index is 0.00000256. The first kappa shape index (κ1) is 22.2. The van der Waals surface area contributed by atoms with Crippen molar-refractivity contribution in [3.05, 3.63) is 69.6 Å². The van der Waals surface area contributed by atoms with Crippen molar-refractivity contribution in [2.75, 3.05) is 27.3 Å². The van der Waals surface area contributed by atoms with Gasteiger partial charge in [0.1, 0.15) is 23.7 Å². The molecule has 5 nitrogen and oxygen atoms in total. The summed E-state index contributed by atoms with van der Waals surface area (Å²) in [5.41, 5.74) is 3.65. The van der Waals surface area contributed by atoms with Crippen LogP contribution in [0.3, 0.4) is 0 Å². The lowest BCUT2D eigenvalue weighted by atomic mass is 9.91. The minimum absolute atomic E-state index is 0. The molecule has 0 N–H and O–H groups in total. The third-order valence-electron chi connectivity index (χ3n) is 5.52. The Hall–Kier alpha value is -2.50. The minimum Gasteiger partial charge on any atom is -0.497 e. The monoisotopic (exact) mass is 429 g/mol. The van der Waals surface area contributed by atoms with Gasteiger partial charge in [-0.3, -0.25) is 4.90 Å². The van der Waals surface area contributed by atoms with E-state index in [-0.39, 0.29) is 18.0 Å². The van der Waals surface area contributed by atoms with Crippen LogP contribution >= 0.6 is 12.4 Å². The van der Waals surface area contributed by atoms with Crippen LogP contribution in [-0.2, 0) is 19.4 Å². The number of likely N-dealkylation sites (N-methyl/N-ethyl adjacent to an activating group) is 1. The van der Waals surface area contributed by atoms with Crippen molar-refractivity contribution in [3.63, 3.8) is 0 Å². The highest BCUT2D eigenvalue weighted by Crippen LogP contribution is 2.29. The summed E-state index contributed by atoms with van der Waals surface area (Å²) in [6, 6.07) is 13.9. The molecule has 0 aliphatic heterocycles. The van der Waals surface area contributed by atoms with Gasteiger partial charge >= 0.3 is 5.63 Å². The van der Waals surface area contributed by atoms with Crippen molar-refractivity contribution in [3.8, 4) is 11.5 Å². The quantitative estimate of drug-likeness (QED) is 0.513. The summed E-state index contributed by atoms with van der Waals surface area (Å²) in [4.78, 5) is 14.5. The van der Waals surface area contributed by atoms with Gasteiger partial charge in [0, 0.05) is 30.1 Å². The van der Waals surface area contributed by atoms with Crippen molar-refractivity contribution < 1.29 is 13.9 Å². The molecule has 0 radical (unpaired) electrons. The van der Waals surface area contributed by atoms with E-state index in [1.807, 2.05) is 36.4 Å². The van der Waals surface area contributed by atoms with Crippen LogP contribution < -0.4 is 15.1 Å². The third-order valence-corrected chi connectivity index (χ3v) is 5.52. The maximum absolute atomic E-state index is 12.3. The molecule has 0 bridgehead atoms. The SMILES string of the molecule is COc1cccc(CN(C)CCOc2ccc3c4c(c(=O)oc3c2)CCCC4)c1.Cl. The van der Waals surface area contributed by atoms with E-state index < -0.39 is 0 Å². The van der Waals surface area contributed by atoms with E-state index in [1.165, 1.54) is 5.56 Å². The maximum Gasteiger partial charge on any atom is 0.339 e. The number of hydrogen-bond donors (Lipinski definition) is 0. The number of hydrogen-bond acceptors (Lipinski definition) is 5. The number of aryl methyl sites for hydroxylation is 1. The minimum atomic E-state index is -0.192. The van der Waals surface area contributed by atoms with Gasteiger partial charge < -0.3 is 13.9 Å². The fraction of sp³-hybridized carbons (Fsp3) is 0.375. The molecule has 30 heavy (non-hydrogen) atoms. The first-order chi connectivity index (χ1) is 14.1. The highest BCUT2D eigenvalue weighted by atomic mass is 35.5. The smallest absolute Gasteiger partial charge is 0.339 e. The van der Waals surface area contributed by atoms with Crippen molar-refractivity contribution in [1.82, 2.24) is 4.90 Å². The van der Waals surface area contributed by atoms with E-state index in [9.17, 15) is 4.79 Å². The lowest BCUT2D eigenvalue weighted by molar-refractivity contribution is 0.232. The molecule has 0 saturated carbocycles. The molecular formula is C24H28ClNO4. The molecule has 2 aromatic carbocycles. The summed E-state index contributed by atoms with van der Waals surface area (Å²) in [6.07, 6.45) is 3.97. The van der Waals surface area contributed by atoms with Crippen LogP contribution in [-0.4, -0.2) is 32.2 Å². The third kappa shape index (κ3) is 4.97. The van der Waals surface area contributed by atoms with E-state index >= 15 is 0 Å². The van der Waals surface area contributed by atoms with Gasteiger partial charge in [0.15, 0.2) is 0 Å². The van der Waals surface area contributed by atoms with E-state index in [2.05, 4.69) is 18.0 Å². The number of rotatable bonds is 7. The molecule has 4 rings (SSSR count). The van der Waals surface area contributed by atoms with Gasteiger partial charge in [0.05, 0.1) is 7.11 Å². The summed E-state index contributed by atoms with van der Waals surface area (Å²) in [7, 11) is 3.74. The fourth-order valence-corrected chi connectivity index (χ4v) is 4.00. The molecule has 3 aromatic rings. The lowest BCUT2D eigenvalue weighted by Gasteiger charge is -2.18. The predicted molar refractivity (Wildman–Crippen MR) is 121 cm³/mol. The molecule has 0 spiro atoms. The molecule has 0 unspecified atom stereocenters. The first-order valence-electron chi connectivity index (χ1n) is 10.2. The lowest BCUT2D eigenvalue weighted by Crippen LogP contribution is -2.23. The Bertz CT molecular complexity index is 1060. The molecule has 0 saturated heterocycles. The summed E-state index contributed by atoms with van der Waals surface area (Å²) in [5, 5.41) is 1.04. The normalized spacial score (nSPS) is 13.0. The number of fused-ring (bicyclic) bond motifs is 3. The Labute approximate surface area is 183 Å². The van der Waals surface area contributed by atoms with Crippen LogP contribution in [0.1, 0.15) is 29.5 Å². The zero-order valence-corrected chi connectivity index (χ0v) is 18.3. The standard InChI is InChI=1S/C24H27NO4.ClH/c1-25(16-17-6-5-7-18(14-17)27-2)12-13-28-19-10-11-21-20-8-3-4-9-22(20)24(26)29-23(21)15-19;/h5-7,10-11,14-15H,3-4,8-9,12-13,16H2,1-2H3;1H. The fourth-order valence-electron chi connectivity index (χ4n) is 4.00. The second kappa shape index (κ2) is 10.0. The molecule has 0 fully saturated rings. The zero-order valence-electron chi connectivity index (χ0n) is 17.5. The highest BCUT2D eigenvalue weighted by molar-refractivity contribution is 5.85. The number of benzene rings is 2. The van der Waals surface area contributed by atoms with Crippen LogP contribution in [0.2, 0.25) is 0 Å². The van der Waals surface area contributed by atoms with Crippen LogP contribution in [0, 0.1) is 0 Å². The average Bonchev–Trinajstić information content (AvgIpc) is 2.74. The number of halogens is 1. The molecule has 1 aromatic heterocycles. The topological polar surface area (TPSA) is 51.9 Å². The first-order valence-corrected chi connectivity index (χ1v) is 10.2. The van der Waals surface area contributed by atoms with Gasteiger partial charge in [0.25, 0.3) is 0 Å². The summed E-state index contributed by atoms with van der Waals surface area (Å²) in [6.45, 7) is 2.16. The van der Waals surface area contributed by atoms with Gasteiger partial charge in [0.2, 0.25) is 0 Å². The van der Waals surface area contributed by atoms with Gasteiger partial charge in [-0.05, 0) is 68.1 Å². The largest absolute Gasteiger partial charge is 0.497 e.